The van der Waals surface area contributed by atoms with Gasteiger partial charge in [-0.1, -0.05) is 24.8 Å². The van der Waals surface area contributed by atoms with Crippen LogP contribution >= 0.6 is 11.3 Å². The SMILES string of the molecule is C=C/C=C\C=C1/CNc2sc(C)cc2C(N2CCN(C)CC2)=N1. The van der Waals surface area contributed by atoms with Crippen LogP contribution in [0.25, 0.3) is 0 Å². The van der Waals surface area contributed by atoms with Gasteiger partial charge in [-0.25, -0.2) is 4.99 Å². The van der Waals surface area contributed by atoms with Crippen LogP contribution in [0.2, 0.25) is 0 Å². The maximum absolute atomic E-state index is 4.99. The van der Waals surface area contributed by atoms with E-state index in [1.807, 2.05) is 23.5 Å². The first-order valence-electron chi connectivity index (χ1n) is 8.02. The number of nitrogens with one attached hydrogen (secondary N) is 1. The van der Waals surface area contributed by atoms with Crippen LogP contribution < -0.4 is 5.32 Å². The third kappa shape index (κ3) is 3.74. The van der Waals surface area contributed by atoms with E-state index in [0.29, 0.717) is 0 Å². The lowest BCUT2D eigenvalue weighted by Gasteiger charge is -2.34. The molecule has 4 nitrogen and oxygen atoms in total. The normalized spacial score (nSPS) is 21.0. The van der Waals surface area contributed by atoms with Gasteiger partial charge < -0.3 is 15.1 Å². The molecular weight excluding hydrogens is 304 g/mol. The largest absolute Gasteiger partial charge is 0.371 e. The molecule has 0 aliphatic carbocycles. The molecule has 1 saturated heterocycles. The molecule has 1 aromatic heterocycles. The first kappa shape index (κ1) is 16.0. The average molecular weight is 328 g/mol. The molecule has 3 rings (SSSR count). The van der Waals surface area contributed by atoms with Gasteiger partial charge in [-0.05, 0) is 26.1 Å². The Bertz CT molecular complexity index is 661. The van der Waals surface area contributed by atoms with Crippen molar-refractivity contribution < 1.29 is 0 Å². The lowest BCUT2D eigenvalue weighted by molar-refractivity contribution is 0.216. The molecule has 2 aliphatic heterocycles. The van der Waals surface area contributed by atoms with Crippen LogP contribution in [0, 0.1) is 6.92 Å². The number of rotatable bonds is 2. The Morgan fingerprint density at radius 3 is 2.78 bits per heavy atom. The smallest absolute Gasteiger partial charge is 0.139 e. The highest BCUT2D eigenvalue weighted by Crippen LogP contribution is 2.31. The van der Waals surface area contributed by atoms with Crippen molar-refractivity contribution in [2.75, 3.05) is 45.1 Å². The summed E-state index contributed by atoms with van der Waals surface area (Å²) in [6.45, 7) is 10.8. The van der Waals surface area contributed by atoms with Gasteiger partial charge in [-0.15, -0.1) is 11.3 Å². The van der Waals surface area contributed by atoms with Crippen molar-refractivity contribution >= 4 is 22.2 Å². The Kier molecular flexibility index (Phi) is 4.98. The minimum atomic E-state index is 0.756. The van der Waals surface area contributed by atoms with E-state index < -0.39 is 0 Å². The third-order valence-electron chi connectivity index (χ3n) is 4.11. The van der Waals surface area contributed by atoms with Gasteiger partial charge in [0.15, 0.2) is 0 Å². The number of aliphatic imine (C=N–C) groups is 1. The van der Waals surface area contributed by atoms with Crippen LogP contribution in [0.15, 0.2) is 47.6 Å². The van der Waals surface area contributed by atoms with E-state index in [1.165, 1.54) is 15.4 Å². The minimum absolute atomic E-state index is 0.756. The lowest BCUT2D eigenvalue weighted by Crippen LogP contribution is -2.47. The number of piperazine rings is 1. The zero-order valence-corrected chi connectivity index (χ0v) is 14.7. The summed E-state index contributed by atoms with van der Waals surface area (Å²) in [6, 6.07) is 2.26. The maximum Gasteiger partial charge on any atom is 0.139 e. The topological polar surface area (TPSA) is 30.9 Å². The Labute approximate surface area is 142 Å². The van der Waals surface area contributed by atoms with Gasteiger partial charge in [0, 0.05) is 31.1 Å². The number of anilines is 1. The average Bonchev–Trinajstić information content (AvgIpc) is 2.83. The predicted octanol–water partition coefficient (Wildman–Crippen LogP) is 3.10. The second-order valence-electron chi connectivity index (χ2n) is 5.96. The molecule has 5 heteroatoms. The first-order chi connectivity index (χ1) is 11.2. The summed E-state index contributed by atoms with van der Waals surface area (Å²) in [5.41, 5.74) is 2.30. The molecular formula is C18H24N4S. The van der Waals surface area contributed by atoms with Gasteiger partial charge in [0.25, 0.3) is 0 Å². The number of amidine groups is 1. The van der Waals surface area contributed by atoms with Crippen molar-refractivity contribution in [3.63, 3.8) is 0 Å². The van der Waals surface area contributed by atoms with Crippen molar-refractivity contribution in [1.82, 2.24) is 9.80 Å². The number of likely N-dealkylation sites (N-methyl/N-ethyl adjacent to an activating group) is 1. The molecule has 0 aromatic carbocycles. The summed E-state index contributed by atoms with van der Waals surface area (Å²) >= 11 is 1.81. The summed E-state index contributed by atoms with van der Waals surface area (Å²) in [6.07, 6.45) is 7.78. The number of aryl methyl sites for hydroxylation is 1. The Hall–Kier alpha value is -1.85. The fraction of sp³-hybridized carbons (Fsp3) is 0.389. The first-order valence-corrected chi connectivity index (χ1v) is 8.84. The molecule has 0 saturated carbocycles. The van der Waals surface area contributed by atoms with Crippen molar-refractivity contribution in [3.05, 3.63) is 53.1 Å². The monoisotopic (exact) mass is 328 g/mol. The number of hydrogen-bond acceptors (Lipinski definition) is 5. The number of nitrogens with zero attached hydrogens (tertiary/aromatic N) is 3. The van der Waals surface area contributed by atoms with Crippen LogP contribution in [0.5, 0.6) is 0 Å². The zero-order chi connectivity index (χ0) is 16.2. The number of allylic oxidation sites excluding steroid dienone is 4. The van der Waals surface area contributed by atoms with E-state index >= 15 is 0 Å². The number of thiophene rings is 1. The summed E-state index contributed by atoms with van der Waals surface area (Å²) in [4.78, 5) is 11.1. The van der Waals surface area contributed by atoms with Crippen LogP contribution in [0.1, 0.15) is 10.4 Å². The van der Waals surface area contributed by atoms with Crippen molar-refractivity contribution in [1.29, 1.82) is 0 Å². The summed E-state index contributed by atoms with van der Waals surface area (Å²) in [5.74, 6) is 1.11. The molecule has 122 valence electrons. The highest BCUT2D eigenvalue weighted by Gasteiger charge is 2.24. The minimum Gasteiger partial charge on any atom is -0.371 e. The van der Waals surface area contributed by atoms with Gasteiger partial charge >= 0.3 is 0 Å². The molecule has 0 unspecified atom stereocenters. The van der Waals surface area contributed by atoms with E-state index in [1.54, 1.807) is 6.08 Å². The Balaban J connectivity index is 1.95. The van der Waals surface area contributed by atoms with Crippen molar-refractivity contribution in [2.24, 2.45) is 4.99 Å². The molecule has 0 atom stereocenters. The molecule has 0 spiro atoms. The number of fused-ring (bicyclic) bond motifs is 1. The quantitative estimate of drug-likeness (QED) is 0.846. The Morgan fingerprint density at radius 1 is 1.26 bits per heavy atom. The van der Waals surface area contributed by atoms with E-state index in [9.17, 15) is 0 Å². The molecule has 2 aliphatic rings. The molecule has 1 fully saturated rings. The fourth-order valence-electron chi connectivity index (χ4n) is 2.82. The van der Waals surface area contributed by atoms with Gasteiger partial charge in [-0.3, -0.25) is 0 Å². The highest BCUT2D eigenvalue weighted by molar-refractivity contribution is 7.16. The van der Waals surface area contributed by atoms with E-state index in [-0.39, 0.29) is 0 Å². The van der Waals surface area contributed by atoms with Crippen LogP contribution in [-0.4, -0.2) is 55.4 Å². The molecule has 0 amide bonds. The molecule has 23 heavy (non-hydrogen) atoms. The van der Waals surface area contributed by atoms with Crippen molar-refractivity contribution in [2.45, 2.75) is 6.92 Å². The van der Waals surface area contributed by atoms with Crippen LogP contribution in [0.3, 0.4) is 0 Å². The summed E-state index contributed by atoms with van der Waals surface area (Å²) in [7, 11) is 2.18. The third-order valence-corrected chi connectivity index (χ3v) is 5.12. The van der Waals surface area contributed by atoms with E-state index in [2.05, 4.69) is 47.8 Å². The van der Waals surface area contributed by atoms with Gasteiger partial charge in [0.05, 0.1) is 22.8 Å². The second kappa shape index (κ2) is 7.15. The lowest BCUT2D eigenvalue weighted by atomic mass is 10.2. The maximum atomic E-state index is 4.99. The van der Waals surface area contributed by atoms with Gasteiger partial charge in [-0.2, -0.15) is 0 Å². The fourth-order valence-corrected chi connectivity index (χ4v) is 3.72. The van der Waals surface area contributed by atoms with E-state index in [4.69, 9.17) is 4.99 Å². The zero-order valence-electron chi connectivity index (χ0n) is 13.9. The molecule has 1 aromatic rings. The standard InChI is InChI=1S/C18H24N4S/c1-4-5-6-7-15-13-19-18-16(12-14(2)23-18)17(20-15)22-10-8-21(3)9-11-22/h4-7,12,19H,1,8-11,13H2,2-3H3/b6-5-,15-7+. The second-order valence-corrected chi connectivity index (χ2v) is 7.21. The summed E-state index contributed by atoms with van der Waals surface area (Å²) in [5, 5.41) is 4.77. The highest BCUT2D eigenvalue weighted by atomic mass is 32.1. The van der Waals surface area contributed by atoms with Crippen LogP contribution in [0.4, 0.5) is 5.00 Å². The number of hydrogen-bond donors (Lipinski definition) is 1. The molecule has 0 radical (unpaired) electrons. The van der Waals surface area contributed by atoms with Gasteiger partial charge in [0.1, 0.15) is 5.84 Å². The molecule has 3 heterocycles. The van der Waals surface area contributed by atoms with E-state index in [0.717, 1.165) is 44.3 Å². The summed E-state index contributed by atoms with van der Waals surface area (Å²) < 4.78 is 0. The van der Waals surface area contributed by atoms with Crippen molar-refractivity contribution in [3.8, 4) is 0 Å². The van der Waals surface area contributed by atoms with Gasteiger partial charge in [0.2, 0.25) is 0 Å². The van der Waals surface area contributed by atoms with Crippen LogP contribution in [-0.2, 0) is 0 Å². The predicted molar refractivity (Wildman–Crippen MR) is 101 cm³/mol. The molecule has 1 N–H and O–H groups in total. The Morgan fingerprint density at radius 2 is 2.04 bits per heavy atom. The molecule has 0 bridgehead atoms.